The lowest BCUT2D eigenvalue weighted by Gasteiger charge is -2.09. The van der Waals surface area contributed by atoms with Crippen LogP contribution in [0.3, 0.4) is 0 Å². The van der Waals surface area contributed by atoms with Crippen molar-refractivity contribution in [2.24, 2.45) is 12.2 Å². The van der Waals surface area contributed by atoms with Gasteiger partial charge in [0.25, 0.3) is 5.91 Å². The predicted octanol–water partition coefficient (Wildman–Crippen LogP) is 4.26. The average molecular weight is 481 g/mol. The zero-order valence-corrected chi connectivity index (χ0v) is 19.6. The Balaban J connectivity index is 1.46. The minimum atomic E-state index is -1.04. The summed E-state index contributed by atoms with van der Waals surface area (Å²) in [6.07, 6.45) is -0.749. The van der Waals surface area contributed by atoms with E-state index in [0.29, 0.717) is 29.5 Å². The molecule has 4 aromatic rings. The zero-order valence-electron chi connectivity index (χ0n) is 19.6. The van der Waals surface area contributed by atoms with Gasteiger partial charge in [0, 0.05) is 31.1 Å². The molecule has 3 aromatic carbocycles. The van der Waals surface area contributed by atoms with Crippen molar-refractivity contribution in [3.8, 4) is 22.6 Å². The van der Waals surface area contributed by atoms with Gasteiger partial charge in [0.1, 0.15) is 17.2 Å². The van der Waals surface area contributed by atoms with Gasteiger partial charge in [-0.25, -0.2) is 9.78 Å². The molecule has 8 heteroatoms. The Morgan fingerprint density at radius 2 is 1.58 bits per heavy atom. The van der Waals surface area contributed by atoms with Crippen LogP contribution in [0.15, 0.2) is 90.1 Å². The van der Waals surface area contributed by atoms with E-state index >= 15 is 0 Å². The molecular formula is C28H24N4O4. The number of hydrogen-bond acceptors (Lipinski definition) is 5. The van der Waals surface area contributed by atoms with Crippen LogP contribution in [0.5, 0.6) is 0 Å². The highest BCUT2D eigenvalue weighted by atomic mass is 16.7. The maximum absolute atomic E-state index is 13.3. The van der Waals surface area contributed by atoms with Gasteiger partial charge >= 0.3 is 5.97 Å². The number of imidazole rings is 1. The quantitative estimate of drug-likeness (QED) is 0.411. The number of hydrogen-bond donors (Lipinski definition) is 2. The minimum Gasteiger partial charge on any atom is -0.478 e. The third-order valence-corrected chi connectivity index (χ3v) is 6.07. The molecule has 1 aliphatic heterocycles. The largest absolute Gasteiger partial charge is 0.478 e. The summed E-state index contributed by atoms with van der Waals surface area (Å²) in [6, 6.07) is 26.8. The molecule has 1 aliphatic rings. The van der Waals surface area contributed by atoms with Crippen LogP contribution < -0.4 is 5.32 Å². The number of oxime groups is 1. The monoisotopic (exact) mass is 480 g/mol. The molecule has 1 atom stereocenters. The van der Waals surface area contributed by atoms with Gasteiger partial charge in [-0.3, -0.25) is 4.79 Å². The van der Waals surface area contributed by atoms with Crippen molar-refractivity contribution in [2.75, 3.05) is 0 Å². The number of amides is 1. The van der Waals surface area contributed by atoms with E-state index in [1.54, 1.807) is 4.57 Å². The third-order valence-electron chi connectivity index (χ3n) is 6.07. The molecule has 0 radical (unpaired) electrons. The van der Waals surface area contributed by atoms with Crippen molar-refractivity contribution >= 4 is 17.6 Å². The molecule has 1 amide bonds. The summed E-state index contributed by atoms with van der Waals surface area (Å²) in [7, 11) is 1.83. The van der Waals surface area contributed by atoms with Crippen LogP contribution in [0, 0.1) is 0 Å². The lowest BCUT2D eigenvalue weighted by molar-refractivity contribution is -0.148. The Morgan fingerprint density at radius 1 is 0.944 bits per heavy atom. The molecule has 180 valence electrons. The van der Waals surface area contributed by atoms with E-state index in [1.807, 2.05) is 92.0 Å². The summed E-state index contributed by atoms with van der Waals surface area (Å²) in [5.41, 5.74) is 5.09. The normalized spacial score (nSPS) is 14.7. The number of carbonyl (C=O) groups is 2. The number of nitrogens with one attached hydrogen (secondary N) is 1. The van der Waals surface area contributed by atoms with Crippen LogP contribution in [-0.4, -0.2) is 38.3 Å². The molecule has 0 saturated heterocycles. The SMILES string of the molecule is Cn1c(-c2ccc(C3=NOC(C(=O)O)C3)cc2)nc(-c2ccccc2)c1C(=O)NCc1ccccc1. The van der Waals surface area contributed by atoms with Crippen molar-refractivity contribution < 1.29 is 19.5 Å². The van der Waals surface area contributed by atoms with Gasteiger partial charge < -0.3 is 19.8 Å². The fourth-order valence-corrected chi connectivity index (χ4v) is 4.17. The first kappa shape index (κ1) is 23.0. The molecule has 0 bridgehead atoms. The Labute approximate surface area is 207 Å². The van der Waals surface area contributed by atoms with Crippen LogP contribution >= 0.6 is 0 Å². The fraction of sp³-hybridized carbons (Fsp3) is 0.143. The van der Waals surface area contributed by atoms with Crippen LogP contribution in [0.25, 0.3) is 22.6 Å². The Hall–Kier alpha value is -4.72. The topological polar surface area (TPSA) is 106 Å². The van der Waals surface area contributed by atoms with Crippen LogP contribution in [-0.2, 0) is 23.2 Å². The van der Waals surface area contributed by atoms with Crippen molar-refractivity contribution in [1.29, 1.82) is 0 Å². The lowest BCUT2D eigenvalue weighted by atomic mass is 10.0. The third kappa shape index (κ3) is 4.61. The number of carboxylic acid groups (broad SMARTS) is 1. The number of rotatable bonds is 7. The van der Waals surface area contributed by atoms with Gasteiger partial charge in [-0.05, 0) is 11.1 Å². The van der Waals surface area contributed by atoms with E-state index in [-0.39, 0.29) is 12.3 Å². The van der Waals surface area contributed by atoms with E-state index < -0.39 is 12.1 Å². The first-order valence-corrected chi connectivity index (χ1v) is 11.5. The fourth-order valence-electron chi connectivity index (χ4n) is 4.17. The van der Waals surface area contributed by atoms with Crippen LogP contribution in [0.1, 0.15) is 28.0 Å². The summed E-state index contributed by atoms with van der Waals surface area (Å²) >= 11 is 0. The number of aliphatic carboxylic acids is 1. The van der Waals surface area contributed by atoms with Gasteiger partial charge in [0.05, 0.1) is 5.71 Å². The van der Waals surface area contributed by atoms with Crippen molar-refractivity contribution in [3.05, 3.63) is 102 Å². The number of benzene rings is 3. The summed E-state index contributed by atoms with van der Waals surface area (Å²) in [5, 5.41) is 16.1. The number of nitrogens with zero attached hydrogens (tertiary/aromatic N) is 3. The molecule has 0 spiro atoms. The molecule has 8 nitrogen and oxygen atoms in total. The molecular weight excluding hydrogens is 456 g/mol. The molecule has 0 fully saturated rings. The van der Waals surface area contributed by atoms with Crippen molar-refractivity contribution in [3.63, 3.8) is 0 Å². The Kier molecular flexibility index (Phi) is 6.32. The molecule has 0 saturated carbocycles. The van der Waals surface area contributed by atoms with Crippen molar-refractivity contribution in [2.45, 2.75) is 19.1 Å². The van der Waals surface area contributed by atoms with Crippen LogP contribution in [0.2, 0.25) is 0 Å². The summed E-state index contributed by atoms with van der Waals surface area (Å²) in [6.45, 7) is 0.407. The smallest absolute Gasteiger partial charge is 0.348 e. The standard InChI is InChI=1S/C28H24N4O4/c1-32-25(27(33)29-17-18-8-4-2-5-9-18)24(20-10-6-3-7-11-20)30-26(32)21-14-12-19(13-15-21)22-16-23(28(34)35)36-31-22/h2-15,23H,16-17H2,1H3,(H,29,33)(H,34,35). The number of carbonyl (C=O) groups excluding carboxylic acids is 1. The van der Waals surface area contributed by atoms with Gasteiger partial charge in [0.2, 0.25) is 6.10 Å². The second-order valence-electron chi connectivity index (χ2n) is 8.48. The van der Waals surface area contributed by atoms with Crippen molar-refractivity contribution in [1.82, 2.24) is 14.9 Å². The van der Waals surface area contributed by atoms with Gasteiger partial charge in [-0.15, -0.1) is 0 Å². The molecule has 1 unspecified atom stereocenters. The highest BCUT2D eigenvalue weighted by Crippen LogP contribution is 2.29. The van der Waals surface area contributed by atoms with E-state index in [0.717, 1.165) is 22.3 Å². The molecule has 5 rings (SSSR count). The molecule has 2 N–H and O–H groups in total. The maximum atomic E-state index is 13.3. The van der Waals surface area contributed by atoms with Gasteiger partial charge in [0.15, 0.2) is 0 Å². The van der Waals surface area contributed by atoms with E-state index in [2.05, 4.69) is 10.5 Å². The Bertz CT molecular complexity index is 1430. The summed E-state index contributed by atoms with van der Waals surface area (Å²) in [5.74, 6) is -0.615. The first-order chi connectivity index (χ1) is 17.5. The first-order valence-electron chi connectivity index (χ1n) is 11.5. The second kappa shape index (κ2) is 9.87. The maximum Gasteiger partial charge on any atom is 0.348 e. The van der Waals surface area contributed by atoms with E-state index in [1.165, 1.54) is 0 Å². The molecule has 0 aliphatic carbocycles. The highest BCUT2D eigenvalue weighted by Gasteiger charge is 2.28. The number of carboxylic acids is 1. The molecule has 1 aromatic heterocycles. The zero-order chi connectivity index (χ0) is 25.1. The molecule has 36 heavy (non-hydrogen) atoms. The number of aromatic nitrogens is 2. The van der Waals surface area contributed by atoms with Gasteiger partial charge in [-0.2, -0.15) is 0 Å². The average Bonchev–Trinajstić information content (AvgIpc) is 3.54. The van der Waals surface area contributed by atoms with Gasteiger partial charge in [-0.1, -0.05) is 90.1 Å². The molecule has 2 heterocycles. The summed E-state index contributed by atoms with van der Waals surface area (Å²) in [4.78, 5) is 34.3. The summed E-state index contributed by atoms with van der Waals surface area (Å²) < 4.78 is 1.80. The van der Waals surface area contributed by atoms with E-state index in [4.69, 9.17) is 14.9 Å². The second-order valence-corrected chi connectivity index (χ2v) is 8.48. The highest BCUT2D eigenvalue weighted by molar-refractivity contribution is 6.03. The van der Waals surface area contributed by atoms with E-state index in [9.17, 15) is 9.59 Å². The Morgan fingerprint density at radius 3 is 2.22 bits per heavy atom. The predicted molar refractivity (Wildman–Crippen MR) is 135 cm³/mol. The minimum absolute atomic E-state index is 0.209. The van der Waals surface area contributed by atoms with Crippen LogP contribution in [0.4, 0.5) is 0 Å². The lowest BCUT2D eigenvalue weighted by Crippen LogP contribution is -2.25.